The monoisotopic (exact) mass is 482 g/mol. The SMILES string of the molecule is O=C(NCCOCCC(=O)N1CCC(O)(C(=O)O)CC1)OCC1c2ccccc2-c2ccccc21. The zero-order chi connectivity index (χ0) is 24.8. The molecule has 0 unspecified atom stereocenters. The van der Waals surface area contributed by atoms with Gasteiger partial charge >= 0.3 is 12.1 Å². The highest BCUT2D eigenvalue weighted by Crippen LogP contribution is 2.44. The number of carbonyl (C=O) groups is 3. The second-order valence-electron chi connectivity index (χ2n) is 8.83. The lowest BCUT2D eigenvalue weighted by molar-refractivity contribution is -0.165. The maximum Gasteiger partial charge on any atom is 0.407 e. The van der Waals surface area contributed by atoms with Crippen molar-refractivity contribution in [3.63, 3.8) is 0 Å². The maximum atomic E-state index is 12.2. The first-order chi connectivity index (χ1) is 16.9. The van der Waals surface area contributed by atoms with Crippen LogP contribution in [-0.4, -0.2) is 78.1 Å². The molecule has 2 aromatic rings. The number of nitrogens with one attached hydrogen (secondary N) is 1. The molecule has 0 saturated carbocycles. The van der Waals surface area contributed by atoms with Crippen molar-refractivity contribution in [2.75, 3.05) is 39.5 Å². The van der Waals surface area contributed by atoms with Crippen molar-refractivity contribution in [2.24, 2.45) is 0 Å². The number of carboxylic acid groups (broad SMARTS) is 1. The molecule has 3 N–H and O–H groups in total. The van der Waals surface area contributed by atoms with Gasteiger partial charge in [-0.15, -0.1) is 0 Å². The van der Waals surface area contributed by atoms with E-state index in [0.29, 0.717) is 0 Å². The van der Waals surface area contributed by atoms with E-state index >= 15 is 0 Å². The number of carboxylic acids is 1. The largest absolute Gasteiger partial charge is 0.479 e. The Morgan fingerprint density at radius 1 is 0.971 bits per heavy atom. The number of benzene rings is 2. The molecule has 9 nitrogen and oxygen atoms in total. The highest BCUT2D eigenvalue weighted by Gasteiger charge is 2.40. The fourth-order valence-corrected chi connectivity index (χ4v) is 4.63. The van der Waals surface area contributed by atoms with E-state index in [1.54, 1.807) is 0 Å². The third-order valence-electron chi connectivity index (χ3n) is 6.66. The molecule has 4 rings (SSSR count). The standard InChI is InChI=1S/C26H30N2O7/c29-23(28-13-10-26(33,11-14-28)24(30)31)9-15-34-16-12-27-25(32)35-17-22-20-7-3-1-5-18(20)19-6-2-4-8-21(19)22/h1-8,22,33H,9-17H2,(H,27,32)(H,30,31). The van der Waals surface area contributed by atoms with Gasteiger partial charge < -0.3 is 29.9 Å². The summed E-state index contributed by atoms with van der Waals surface area (Å²) < 4.78 is 10.9. The van der Waals surface area contributed by atoms with Crippen molar-refractivity contribution in [3.05, 3.63) is 59.7 Å². The maximum absolute atomic E-state index is 12.2. The van der Waals surface area contributed by atoms with Crippen molar-refractivity contribution in [3.8, 4) is 11.1 Å². The minimum atomic E-state index is -1.75. The van der Waals surface area contributed by atoms with Crippen molar-refractivity contribution in [1.29, 1.82) is 0 Å². The van der Waals surface area contributed by atoms with Crippen molar-refractivity contribution >= 4 is 18.0 Å². The number of alkyl carbamates (subject to hydrolysis) is 1. The van der Waals surface area contributed by atoms with Gasteiger partial charge in [-0.1, -0.05) is 48.5 Å². The molecular weight excluding hydrogens is 452 g/mol. The zero-order valence-corrected chi connectivity index (χ0v) is 19.4. The number of piperidine rings is 1. The number of aliphatic hydroxyl groups is 1. The molecular formula is C26H30N2O7. The Balaban J connectivity index is 1.12. The molecule has 1 heterocycles. The van der Waals surface area contributed by atoms with Gasteiger partial charge in [0.05, 0.1) is 19.6 Å². The Kier molecular flexibility index (Phi) is 7.67. The van der Waals surface area contributed by atoms with Crippen molar-refractivity contribution < 1.29 is 34.1 Å². The van der Waals surface area contributed by atoms with Gasteiger partial charge in [-0.2, -0.15) is 0 Å². The number of amides is 2. The van der Waals surface area contributed by atoms with Gasteiger partial charge in [-0.25, -0.2) is 9.59 Å². The second kappa shape index (κ2) is 10.9. The Labute approximate surface area is 203 Å². The van der Waals surface area contributed by atoms with Crippen LogP contribution in [0, 0.1) is 0 Å². The molecule has 186 valence electrons. The van der Waals surface area contributed by atoms with E-state index in [-0.39, 0.29) is 70.5 Å². The van der Waals surface area contributed by atoms with Crippen molar-refractivity contribution in [2.45, 2.75) is 30.8 Å². The summed E-state index contributed by atoms with van der Waals surface area (Å²) in [6.07, 6.45) is -0.347. The van der Waals surface area contributed by atoms with Gasteiger partial charge in [0.25, 0.3) is 0 Å². The molecule has 2 aliphatic rings. The number of nitrogens with zero attached hydrogens (tertiary/aromatic N) is 1. The molecule has 0 atom stereocenters. The Bertz CT molecular complexity index is 1030. The summed E-state index contributed by atoms with van der Waals surface area (Å²) in [7, 11) is 0. The molecule has 0 bridgehead atoms. The smallest absolute Gasteiger partial charge is 0.407 e. The molecule has 0 spiro atoms. The van der Waals surface area contributed by atoms with Crippen LogP contribution in [-0.2, 0) is 19.1 Å². The Hall–Kier alpha value is -3.43. The normalized spacial score (nSPS) is 16.3. The summed E-state index contributed by atoms with van der Waals surface area (Å²) in [5.74, 6) is -1.41. The van der Waals surface area contributed by atoms with Gasteiger partial charge in [0.2, 0.25) is 5.91 Å². The van der Waals surface area contributed by atoms with Crippen LogP contribution < -0.4 is 5.32 Å². The number of aliphatic carboxylic acids is 1. The van der Waals surface area contributed by atoms with E-state index < -0.39 is 17.7 Å². The van der Waals surface area contributed by atoms with E-state index in [1.807, 2.05) is 24.3 Å². The van der Waals surface area contributed by atoms with Gasteiger partial charge in [0.15, 0.2) is 5.60 Å². The van der Waals surface area contributed by atoms with E-state index in [9.17, 15) is 19.5 Å². The average molecular weight is 483 g/mol. The van der Waals surface area contributed by atoms with Crippen LogP contribution in [0.3, 0.4) is 0 Å². The van der Waals surface area contributed by atoms with Crippen LogP contribution in [0.4, 0.5) is 4.79 Å². The number of hydrogen-bond donors (Lipinski definition) is 3. The molecule has 0 aromatic heterocycles. The Morgan fingerprint density at radius 3 is 2.17 bits per heavy atom. The highest BCUT2D eigenvalue weighted by molar-refractivity contribution is 5.80. The first kappa shape index (κ1) is 24.7. The van der Waals surface area contributed by atoms with E-state index in [1.165, 1.54) is 16.0 Å². The van der Waals surface area contributed by atoms with Gasteiger partial charge in [0.1, 0.15) is 6.61 Å². The molecule has 0 radical (unpaired) electrons. The van der Waals surface area contributed by atoms with E-state index in [2.05, 4.69) is 29.6 Å². The summed E-state index contributed by atoms with van der Waals surface area (Å²) in [5, 5.41) is 21.6. The fraction of sp³-hybridized carbons (Fsp3) is 0.423. The number of hydrogen-bond acceptors (Lipinski definition) is 6. The van der Waals surface area contributed by atoms with Gasteiger partial charge in [-0.3, -0.25) is 4.79 Å². The van der Waals surface area contributed by atoms with Crippen LogP contribution >= 0.6 is 0 Å². The predicted octanol–water partition coefficient (Wildman–Crippen LogP) is 2.37. The molecule has 1 fully saturated rings. The number of fused-ring (bicyclic) bond motifs is 3. The second-order valence-corrected chi connectivity index (χ2v) is 8.83. The molecule has 9 heteroatoms. The summed E-state index contributed by atoms with van der Waals surface area (Å²) in [6.45, 7) is 1.30. The molecule has 1 aliphatic carbocycles. The van der Waals surface area contributed by atoms with E-state index in [4.69, 9.17) is 14.6 Å². The number of rotatable bonds is 9. The molecule has 2 aromatic carbocycles. The third kappa shape index (κ3) is 5.63. The molecule has 1 saturated heterocycles. The van der Waals surface area contributed by atoms with Crippen LogP contribution in [0.5, 0.6) is 0 Å². The Morgan fingerprint density at radius 2 is 1.57 bits per heavy atom. The molecule has 2 amide bonds. The van der Waals surface area contributed by atoms with Crippen molar-refractivity contribution in [1.82, 2.24) is 10.2 Å². The topological polar surface area (TPSA) is 125 Å². The summed E-state index contributed by atoms with van der Waals surface area (Å²) >= 11 is 0. The summed E-state index contributed by atoms with van der Waals surface area (Å²) in [5.41, 5.74) is 2.88. The number of carbonyl (C=O) groups excluding carboxylic acids is 2. The van der Waals surface area contributed by atoms with Gasteiger partial charge in [-0.05, 0) is 22.3 Å². The summed E-state index contributed by atoms with van der Waals surface area (Å²) in [4.78, 5) is 37.0. The third-order valence-corrected chi connectivity index (χ3v) is 6.66. The first-order valence-electron chi connectivity index (χ1n) is 11.8. The van der Waals surface area contributed by atoms with Crippen LogP contribution in [0.15, 0.2) is 48.5 Å². The predicted molar refractivity (Wildman–Crippen MR) is 127 cm³/mol. The highest BCUT2D eigenvalue weighted by atomic mass is 16.5. The molecule has 1 aliphatic heterocycles. The lowest BCUT2D eigenvalue weighted by atomic mass is 9.91. The first-order valence-corrected chi connectivity index (χ1v) is 11.8. The summed E-state index contributed by atoms with van der Waals surface area (Å²) in [6, 6.07) is 16.3. The number of likely N-dealkylation sites (tertiary alicyclic amines) is 1. The van der Waals surface area contributed by atoms with E-state index in [0.717, 1.165) is 11.1 Å². The molecule has 35 heavy (non-hydrogen) atoms. The van der Waals surface area contributed by atoms with Crippen LogP contribution in [0.1, 0.15) is 36.3 Å². The quantitative estimate of drug-likeness (QED) is 0.469. The average Bonchev–Trinajstić information content (AvgIpc) is 3.18. The zero-order valence-electron chi connectivity index (χ0n) is 19.4. The van der Waals surface area contributed by atoms with Crippen LogP contribution in [0.25, 0.3) is 11.1 Å². The lowest BCUT2D eigenvalue weighted by Crippen LogP contribution is -2.51. The lowest BCUT2D eigenvalue weighted by Gasteiger charge is -2.35. The number of ether oxygens (including phenoxy) is 2. The fourth-order valence-electron chi connectivity index (χ4n) is 4.63. The van der Waals surface area contributed by atoms with Crippen LogP contribution in [0.2, 0.25) is 0 Å². The minimum absolute atomic E-state index is 0.00306. The minimum Gasteiger partial charge on any atom is -0.479 e. The van der Waals surface area contributed by atoms with Gasteiger partial charge in [0, 0.05) is 38.4 Å².